The number of rotatable bonds is 3. The molecule has 2 aromatic rings. The van der Waals surface area contributed by atoms with Gasteiger partial charge in [-0.15, -0.1) is 4.36 Å². The fourth-order valence-electron chi connectivity index (χ4n) is 2.46. The lowest BCUT2D eigenvalue weighted by Gasteiger charge is -2.10. The van der Waals surface area contributed by atoms with Gasteiger partial charge in [0.15, 0.2) is 0 Å². The molecule has 7 nitrogen and oxygen atoms in total. The van der Waals surface area contributed by atoms with Crippen molar-refractivity contribution in [2.24, 2.45) is 4.36 Å². The Labute approximate surface area is 128 Å². The molecule has 0 bridgehead atoms. The molecule has 1 N–H and O–H groups in total. The maximum atomic E-state index is 12.9. The number of carbonyl (C=O) groups excluding carboxylic acids is 1. The third-order valence-corrected chi connectivity index (χ3v) is 6.20. The van der Waals surface area contributed by atoms with E-state index < -0.39 is 15.8 Å². The number of nitrogens with one attached hydrogen (secondary N) is 1. The van der Waals surface area contributed by atoms with Gasteiger partial charge < -0.3 is 4.74 Å². The van der Waals surface area contributed by atoms with E-state index in [1.54, 1.807) is 0 Å². The fourth-order valence-corrected chi connectivity index (χ4v) is 4.85. The van der Waals surface area contributed by atoms with Crippen molar-refractivity contribution in [3.8, 4) is 0 Å². The number of nitrogens with zero attached hydrogens (tertiary/aromatic N) is 3. The number of aromatic amines is 1. The molecule has 8 heteroatoms. The van der Waals surface area contributed by atoms with E-state index in [-0.39, 0.29) is 11.9 Å². The van der Waals surface area contributed by atoms with Crippen molar-refractivity contribution in [2.75, 3.05) is 5.75 Å². The summed E-state index contributed by atoms with van der Waals surface area (Å²) in [6, 6.07) is 9.29. The van der Waals surface area contributed by atoms with Crippen LogP contribution in [0.4, 0.5) is 4.79 Å². The second-order valence-corrected chi connectivity index (χ2v) is 7.57. The molecule has 0 saturated carbocycles. The molecule has 1 aliphatic rings. The second kappa shape index (κ2) is 6.27. The van der Waals surface area contributed by atoms with E-state index in [4.69, 9.17) is 4.74 Å². The number of amides is 1. The molecule has 1 fully saturated rings. The lowest BCUT2D eigenvalue weighted by molar-refractivity contribution is 0.151. The summed E-state index contributed by atoms with van der Waals surface area (Å²) in [6.45, 7) is 0.117. The lowest BCUT2D eigenvalue weighted by atomic mass is 10.2. The number of H-pyrrole nitrogens is 1. The van der Waals surface area contributed by atoms with Crippen LogP contribution in [0, 0.1) is 0 Å². The van der Waals surface area contributed by atoms with Crippen LogP contribution in [0.25, 0.3) is 0 Å². The van der Waals surface area contributed by atoms with Crippen LogP contribution in [0.1, 0.15) is 29.5 Å². The summed E-state index contributed by atoms with van der Waals surface area (Å²) in [5.74, 6) is 0.890. The molecule has 0 radical (unpaired) electrons. The molecule has 1 aliphatic heterocycles. The average Bonchev–Trinajstić information content (AvgIpc) is 3.15. The molecule has 1 aromatic carbocycles. The largest absolute Gasteiger partial charge is 0.443 e. The van der Waals surface area contributed by atoms with Crippen LogP contribution in [0.2, 0.25) is 0 Å². The van der Waals surface area contributed by atoms with Crippen molar-refractivity contribution >= 4 is 15.8 Å². The molecule has 2 atom stereocenters. The third-order valence-electron chi connectivity index (χ3n) is 3.52. The Kier molecular flexibility index (Phi) is 4.19. The van der Waals surface area contributed by atoms with Gasteiger partial charge >= 0.3 is 6.09 Å². The summed E-state index contributed by atoms with van der Waals surface area (Å²) in [7, 11) is -2.70. The van der Waals surface area contributed by atoms with E-state index in [0.29, 0.717) is 18.0 Å². The molecule has 22 heavy (non-hydrogen) atoms. The molecule has 0 spiro atoms. The smallest absolute Gasteiger partial charge is 0.442 e. The molecule has 1 amide bonds. The van der Waals surface area contributed by atoms with Gasteiger partial charge in [0.1, 0.15) is 24.0 Å². The molecule has 3 rings (SSSR count). The molecular weight excluding hydrogens is 304 g/mol. The summed E-state index contributed by atoms with van der Waals surface area (Å²) in [6.07, 6.45) is 1.98. The number of aromatic nitrogens is 3. The highest BCUT2D eigenvalue weighted by Crippen LogP contribution is 2.34. The van der Waals surface area contributed by atoms with Crippen LogP contribution in [0.5, 0.6) is 0 Å². The topological polar surface area (TPSA) is 97.3 Å². The van der Waals surface area contributed by atoms with Crippen molar-refractivity contribution in [3.63, 3.8) is 0 Å². The summed E-state index contributed by atoms with van der Waals surface area (Å²) < 4.78 is 21.8. The number of ether oxygens (including phenoxy) is 1. The number of hydrogen-bond acceptors (Lipinski definition) is 5. The monoisotopic (exact) mass is 320 g/mol. The molecule has 116 valence electrons. The summed E-state index contributed by atoms with van der Waals surface area (Å²) in [4.78, 5) is 15.9. The van der Waals surface area contributed by atoms with Gasteiger partial charge in [-0.25, -0.2) is 14.0 Å². The summed E-state index contributed by atoms with van der Waals surface area (Å²) in [5.41, 5.74) is 0.860. The van der Waals surface area contributed by atoms with E-state index in [1.807, 2.05) is 30.3 Å². The van der Waals surface area contributed by atoms with E-state index >= 15 is 0 Å². The first-order valence-electron chi connectivity index (χ1n) is 6.97. The Hall–Kier alpha value is -2.22. The van der Waals surface area contributed by atoms with E-state index in [9.17, 15) is 9.00 Å². The Morgan fingerprint density at radius 3 is 2.95 bits per heavy atom. The van der Waals surface area contributed by atoms with E-state index in [1.165, 1.54) is 6.33 Å². The van der Waals surface area contributed by atoms with Crippen molar-refractivity contribution in [3.05, 3.63) is 48.0 Å². The molecule has 1 aromatic heterocycles. The molecule has 0 aliphatic carbocycles. The summed E-state index contributed by atoms with van der Waals surface area (Å²) in [5, 5.41) is 6.09. The zero-order valence-corrected chi connectivity index (χ0v) is 12.7. The minimum atomic E-state index is -2.70. The van der Waals surface area contributed by atoms with E-state index in [0.717, 1.165) is 12.0 Å². The zero-order valence-electron chi connectivity index (χ0n) is 11.8. The standard InChI is InChI=1S/C14H16N4O3S/c19-14(21-9-11-5-2-1-3-6-11)18-22(20)8-4-7-12(22)13-15-10-16-17-13/h1-3,5-6,10,12H,4,7-9H2,(H,15,16,17). The van der Waals surface area contributed by atoms with Gasteiger partial charge in [-0.3, -0.25) is 5.10 Å². The van der Waals surface area contributed by atoms with Gasteiger partial charge in [-0.1, -0.05) is 30.3 Å². The van der Waals surface area contributed by atoms with Gasteiger partial charge in [-0.05, 0) is 18.4 Å². The van der Waals surface area contributed by atoms with Crippen molar-refractivity contribution in [1.29, 1.82) is 0 Å². The highest BCUT2D eigenvalue weighted by atomic mass is 32.2. The first kappa shape index (κ1) is 14.7. The van der Waals surface area contributed by atoms with Gasteiger partial charge in [0.25, 0.3) is 0 Å². The van der Waals surface area contributed by atoms with Gasteiger partial charge in [0.05, 0.1) is 9.73 Å². The van der Waals surface area contributed by atoms with Crippen LogP contribution in [-0.2, 0) is 21.1 Å². The van der Waals surface area contributed by atoms with Crippen LogP contribution < -0.4 is 0 Å². The Bertz CT molecular complexity index is 752. The predicted molar refractivity (Wildman–Crippen MR) is 80.4 cm³/mol. The maximum absolute atomic E-state index is 12.9. The fraction of sp³-hybridized carbons (Fsp3) is 0.357. The van der Waals surface area contributed by atoms with Crippen molar-refractivity contribution < 1.29 is 13.7 Å². The average molecular weight is 320 g/mol. The summed E-state index contributed by atoms with van der Waals surface area (Å²) >= 11 is 0. The third kappa shape index (κ3) is 3.16. The predicted octanol–water partition coefficient (Wildman–Crippen LogP) is 2.44. The number of carbonyl (C=O) groups is 1. The maximum Gasteiger partial charge on any atom is 0.442 e. The minimum Gasteiger partial charge on any atom is -0.443 e. The highest BCUT2D eigenvalue weighted by molar-refractivity contribution is 7.94. The van der Waals surface area contributed by atoms with Gasteiger partial charge in [-0.2, -0.15) is 5.10 Å². The highest BCUT2D eigenvalue weighted by Gasteiger charge is 2.34. The first-order chi connectivity index (χ1) is 10.7. The van der Waals surface area contributed by atoms with Crippen LogP contribution in [0.3, 0.4) is 0 Å². The van der Waals surface area contributed by atoms with Gasteiger partial charge in [0, 0.05) is 5.75 Å². The molecular formula is C14H16N4O3S. The molecule has 2 heterocycles. The van der Waals surface area contributed by atoms with Gasteiger partial charge in [0.2, 0.25) is 0 Å². The van der Waals surface area contributed by atoms with E-state index in [2.05, 4.69) is 19.5 Å². The SMILES string of the molecule is O=C(N=S1(=O)CCCC1c1ncn[nH]1)OCc1ccccc1. The quantitative estimate of drug-likeness (QED) is 0.936. The zero-order chi connectivity index (χ0) is 15.4. The Morgan fingerprint density at radius 1 is 1.41 bits per heavy atom. The number of hydrogen-bond donors (Lipinski definition) is 1. The first-order valence-corrected chi connectivity index (χ1v) is 8.72. The van der Waals surface area contributed by atoms with Crippen LogP contribution in [-0.4, -0.2) is 31.2 Å². The normalized spacial score (nSPS) is 24.1. The Morgan fingerprint density at radius 2 is 2.23 bits per heavy atom. The van der Waals surface area contributed by atoms with Crippen molar-refractivity contribution in [2.45, 2.75) is 24.7 Å². The van der Waals surface area contributed by atoms with Crippen molar-refractivity contribution in [1.82, 2.24) is 15.2 Å². The minimum absolute atomic E-state index is 0.117. The molecule has 1 saturated heterocycles. The second-order valence-electron chi connectivity index (χ2n) is 5.03. The van der Waals surface area contributed by atoms with Crippen LogP contribution in [0.15, 0.2) is 41.0 Å². The number of benzene rings is 1. The van der Waals surface area contributed by atoms with Crippen LogP contribution >= 0.6 is 0 Å². The lowest BCUT2D eigenvalue weighted by Crippen LogP contribution is -2.13. The molecule has 2 unspecified atom stereocenters. The Balaban J connectivity index is 1.72.